The highest BCUT2D eigenvalue weighted by molar-refractivity contribution is 7.12. The number of thiophene rings is 1. The maximum atomic E-state index is 13.0. The van der Waals surface area contributed by atoms with Gasteiger partial charge in [0.05, 0.1) is 25.0 Å². The summed E-state index contributed by atoms with van der Waals surface area (Å²) in [6.45, 7) is 1.94. The molecule has 0 unspecified atom stereocenters. The lowest BCUT2D eigenvalue weighted by Crippen LogP contribution is -2.36. The highest BCUT2D eigenvalue weighted by Crippen LogP contribution is 2.40. The fourth-order valence-electron chi connectivity index (χ4n) is 3.79. The van der Waals surface area contributed by atoms with Crippen molar-refractivity contribution < 1.29 is 23.8 Å². The quantitative estimate of drug-likeness (QED) is 0.617. The van der Waals surface area contributed by atoms with Crippen LogP contribution in [-0.2, 0) is 9.53 Å². The average Bonchev–Trinajstić information content (AvgIpc) is 3.46. The van der Waals surface area contributed by atoms with Gasteiger partial charge in [0.15, 0.2) is 0 Å². The number of ether oxygens (including phenoxy) is 3. The highest BCUT2D eigenvalue weighted by atomic mass is 32.1. The Balaban J connectivity index is 1.85. The third-order valence-corrected chi connectivity index (χ3v) is 6.20. The van der Waals surface area contributed by atoms with E-state index < -0.39 is 0 Å². The second-order valence-electron chi connectivity index (χ2n) is 7.15. The van der Waals surface area contributed by atoms with Gasteiger partial charge in [-0.2, -0.15) is 0 Å². The summed E-state index contributed by atoms with van der Waals surface area (Å²) in [5.41, 5.74) is 0.900. The number of hydrogen-bond acceptors (Lipinski definition) is 6. The minimum atomic E-state index is -0.362. The van der Waals surface area contributed by atoms with E-state index in [4.69, 9.17) is 14.2 Å². The standard InChI is InChI=1S/C22H28N2O5S/c1-27-10-5-9-23-21(25)18-14-24(22(26)20-6-4-11-30-20)13-17(18)16-8-7-15(28-2)12-19(16)29-3/h4,6-8,11-12,17-18H,5,9-10,13-14H2,1-3H3,(H,23,25)/t17-,18-/m1/s1. The van der Waals surface area contributed by atoms with Crippen molar-refractivity contribution in [3.63, 3.8) is 0 Å². The fraction of sp³-hybridized carbons (Fsp3) is 0.455. The second kappa shape index (κ2) is 10.4. The molecule has 8 heteroatoms. The Morgan fingerprint density at radius 1 is 1.17 bits per heavy atom. The van der Waals surface area contributed by atoms with Crippen molar-refractivity contribution in [1.82, 2.24) is 10.2 Å². The van der Waals surface area contributed by atoms with Crippen LogP contribution in [-0.4, -0.2) is 64.3 Å². The van der Waals surface area contributed by atoms with Crippen molar-refractivity contribution in [3.8, 4) is 11.5 Å². The minimum Gasteiger partial charge on any atom is -0.497 e. The number of nitrogens with zero attached hydrogens (tertiary/aromatic N) is 1. The van der Waals surface area contributed by atoms with Crippen molar-refractivity contribution in [2.75, 3.05) is 47.6 Å². The molecule has 2 atom stereocenters. The van der Waals surface area contributed by atoms with Crippen LogP contribution in [0.3, 0.4) is 0 Å². The zero-order valence-corrected chi connectivity index (χ0v) is 18.4. The largest absolute Gasteiger partial charge is 0.497 e. The number of benzene rings is 1. The average molecular weight is 433 g/mol. The Hall–Kier alpha value is -2.58. The van der Waals surface area contributed by atoms with Gasteiger partial charge in [0.1, 0.15) is 11.5 Å². The monoisotopic (exact) mass is 432 g/mol. The molecular formula is C22H28N2O5S. The van der Waals surface area contributed by atoms with Gasteiger partial charge < -0.3 is 24.4 Å². The molecule has 0 spiro atoms. The molecule has 0 radical (unpaired) electrons. The van der Waals surface area contributed by atoms with Crippen LogP contribution in [0.5, 0.6) is 11.5 Å². The summed E-state index contributed by atoms with van der Waals surface area (Å²) < 4.78 is 15.9. The number of rotatable bonds is 9. The van der Waals surface area contributed by atoms with Crippen LogP contribution in [0.1, 0.15) is 27.6 Å². The number of methoxy groups -OCH3 is 3. The van der Waals surface area contributed by atoms with Gasteiger partial charge in [-0.25, -0.2) is 0 Å². The summed E-state index contributed by atoms with van der Waals surface area (Å²) in [5.74, 6) is 0.700. The van der Waals surface area contributed by atoms with Crippen LogP contribution in [0.4, 0.5) is 0 Å². The molecule has 0 aliphatic carbocycles. The molecule has 1 N–H and O–H groups in total. The van der Waals surface area contributed by atoms with Crippen LogP contribution < -0.4 is 14.8 Å². The van der Waals surface area contributed by atoms with E-state index in [9.17, 15) is 9.59 Å². The maximum absolute atomic E-state index is 13.0. The van der Waals surface area contributed by atoms with Crippen molar-refractivity contribution >= 4 is 23.2 Å². The summed E-state index contributed by atoms with van der Waals surface area (Å²) in [6, 6.07) is 9.26. The molecule has 7 nitrogen and oxygen atoms in total. The van der Waals surface area contributed by atoms with Crippen LogP contribution in [0.2, 0.25) is 0 Å². The zero-order valence-electron chi connectivity index (χ0n) is 17.6. The first kappa shape index (κ1) is 22.1. The molecule has 1 aromatic heterocycles. The number of hydrogen-bond donors (Lipinski definition) is 1. The minimum absolute atomic E-state index is 0.0443. The molecule has 3 rings (SSSR count). The zero-order chi connectivity index (χ0) is 21.5. The van der Waals surface area contributed by atoms with E-state index in [1.165, 1.54) is 11.3 Å². The topological polar surface area (TPSA) is 77.1 Å². The van der Waals surface area contributed by atoms with E-state index in [1.54, 1.807) is 26.2 Å². The molecule has 1 aliphatic heterocycles. The lowest BCUT2D eigenvalue weighted by molar-refractivity contribution is -0.124. The number of likely N-dealkylation sites (tertiary alicyclic amines) is 1. The van der Waals surface area contributed by atoms with E-state index >= 15 is 0 Å². The van der Waals surface area contributed by atoms with Crippen molar-refractivity contribution in [3.05, 3.63) is 46.2 Å². The van der Waals surface area contributed by atoms with Crippen LogP contribution in [0, 0.1) is 5.92 Å². The lowest BCUT2D eigenvalue weighted by Gasteiger charge is -2.21. The molecule has 0 saturated carbocycles. The van der Waals surface area contributed by atoms with Gasteiger partial charge in [-0.3, -0.25) is 9.59 Å². The molecule has 0 bridgehead atoms. The van der Waals surface area contributed by atoms with Crippen LogP contribution in [0.15, 0.2) is 35.7 Å². The molecular weight excluding hydrogens is 404 g/mol. The molecule has 30 heavy (non-hydrogen) atoms. The van der Waals surface area contributed by atoms with E-state index in [2.05, 4.69) is 5.32 Å². The van der Waals surface area contributed by atoms with Crippen molar-refractivity contribution in [2.45, 2.75) is 12.3 Å². The number of nitrogens with one attached hydrogen (secondary N) is 1. The van der Waals surface area contributed by atoms with Gasteiger partial charge in [-0.05, 0) is 23.9 Å². The van der Waals surface area contributed by atoms with Gasteiger partial charge in [0.2, 0.25) is 5.91 Å². The van der Waals surface area contributed by atoms with Gasteiger partial charge in [-0.1, -0.05) is 12.1 Å². The lowest BCUT2D eigenvalue weighted by atomic mass is 9.87. The Kier molecular flexibility index (Phi) is 7.70. The Labute approximate surface area is 180 Å². The van der Waals surface area contributed by atoms with Gasteiger partial charge in [-0.15, -0.1) is 11.3 Å². The van der Waals surface area contributed by atoms with Crippen LogP contribution >= 0.6 is 11.3 Å². The second-order valence-corrected chi connectivity index (χ2v) is 8.09. The van der Waals surface area contributed by atoms with Crippen LogP contribution in [0.25, 0.3) is 0 Å². The van der Waals surface area contributed by atoms with Gasteiger partial charge in [0, 0.05) is 50.9 Å². The third-order valence-electron chi connectivity index (χ3n) is 5.34. The molecule has 1 aromatic carbocycles. The Morgan fingerprint density at radius 2 is 2.00 bits per heavy atom. The molecule has 1 aliphatic rings. The molecule has 1 fully saturated rings. The summed E-state index contributed by atoms with van der Waals surface area (Å²) in [4.78, 5) is 28.4. The molecule has 162 valence electrons. The Bertz CT molecular complexity index is 855. The van der Waals surface area contributed by atoms with E-state index in [1.807, 2.05) is 35.7 Å². The Morgan fingerprint density at radius 3 is 2.67 bits per heavy atom. The fourth-order valence-corrected chi connectivity index (χ4v) is 4.48. The van der Waals surface area contributed by atoms with Gasteiger partial charge in [0.25, 0.3) is 5.91 Å². The predicted octanol–water partition coefficient (Wildman–Crippen LogP) is 2.77. The van der Waals surface area contributed by atoms with E-state index in [0.717, 1.165) is 12.0 Å². The summed E-state index contributed by atoms with van der Waals surface area (Å²) in [6.07, 6.45) is 0.739. The highest BCUT2D eigenvalue weighted by Gasteiger charge is 2.41. The third kappa shape index (κ3) is 4.94. The first-order valence-corrected chi connectivity index (χ1v) is 10.8. The molecule has 2 aromatic rings. The summed E-state index contributed by atoms with van der Waals surface area (Å²) >= 11 is 1.41. The molecule has 2 heterocycles. The summed E-state index contributed by atoms with van der Waals surface area (Å²) in [7, 11) is 4.84. The van der Waals surface area contributed by atoms with Gasteiger partial charge >= 0.3 is 0 Å². The first-order chi connectivity index (χ1) is 14.6. The first-order valence-electron chi connectivity index (χ1n) is 9.90. The number of amides is 2. The van der Waals surface area contributed by atoms with Crippen molar-refractivity contribution in [1.29, 1.82) is 0 Å². The number of carbonyl (C=O) groups excluding carboxylic acids is 2. The van der Waals surface area contributed by atoms with Crippen molar-refractivity contribution in [2.24, 2.45) is 5.92 Å². The maximum Gasteiger partial charge on any atom is 0.263 e. The SMILES string of the molecule is COCCCNC(=O)[C@@H]1CN(C(=O)c2cccs2)C[C@@H]1c1ccc(OC)cc1OC. The van der Waals surface area contributed by atoms with E-state index in [-0.39, 0.29) is 23.7 Å². The summed E-state index contributed by atoms with van der Waals surface area (Å²) in [5, 5.41) is 4.88. The number of carbonyl (C=O) groups is 2. The predicted molar refractivity (Wildman–Crippen MR) is 116 cm³/mol. The molecule has 2 amide bonds. The smallest absolute Gasteiger partial charge is 0.263 e. The molecule has 1 saturated heterocycles. The van der Waals surface area contributed by atoms with E-state index in [0.29, 0.717) is 42.6 Å². The normalized spacial score (nSPS) is 18.3.